The Bertz CT molecular complexity index is 719. The van der Waals surface area contributed by atoms with Crippen LogP contribution in [-0.2, 0) is 6.42 Å². The van der Waals surface area contributed by atoms with Crippen LogP contribution in [0.1, 0.15) is 18.9 Å². The maximum Gasteiger partial charge on any atom is 0.135 e. The fourth-order valence-electron chi connectivity index (χ4n) is 2.40. The number of allylic oxidation sites excluding steroid dienone is 1. The van der Waals surface area contributed by atoms with E-state index in [-0.39, 0.29) is 0 Å². The zero-order valence-corrected chi connectivity index (χ0v) is 10.6. The third-order valence-corrected chi connectivity index (χ3v) is 3.31. The minimum atomic E-state index is 0.968. The lowest BCUT2D eigenvalue weighted by atomic mass is 10.0. The molecule has 0 aliphatic rings. The van der Waals surface area contributed by atoms with Gasteiger partial charge in [-0.15, -0.1) is 6.58 Å². The number of rotatable bonds is 3. The molecule has 0 bridgehead atoms. The Morgan fingerprint density at radius 3 is 2.67 bits per heavy atom. The van der Waals surface area contributed by atoms with Crippen molar-refractivity contribution in [3.8, 4) is 0 Å². The minimum Gasteiger partial charge on any atom is -0.456 e. The average Bonchev–Trinajstić information content (AvgIpc) is 2.75. The Hall–Kier alpha value is -2.02. The quantitative estimate of drug-likeness (QED) is 0.577. The highest BCUT2D eigenvalue weighted by Crippen LogP contribution is 2.31. The van der Waals surface area contributed by atoms with Gasteiger partial charge in [0, 0.05) is 10.8 Å². The predicted molar refractivity (Wildman–Crippen MR) is 76.9 cm³/mol. The van der Waals surface area contributed by atoms with E-state index in [1.165, 1.54) is 21.9 Å². The normalized spacial score (nSPS) is 11.2. The van der Waals surface area contributed by atoms with Crippen molar-refractivity contribution in [1.82, 2.24) is 0 Å². The van der Waals surface area contributed by atoms with Gasteiger partial charge in [-0.25, -0.2) is 0 Å². The second-order valence-electron chi connectivity index (χ2n) is 4.85. The summed E-state index contributed by atoms with van der Waals surface area (Å²) in [7, 11) is 0. The van der Waals surface area contributed by atoms with Crippen molar-refractivity contribution >= 4 is 21.9 Å². The Balaban J connectivity index is 2.21. The molecule has 1 heteroatoms. The molecule has 0 fully saturated rings. The summed E-state index contributed by atoms with van der Waals surface area (Å²) in [6.07, 6.45) is 2.05. The highest BCUT2D eigenvalue weighted by atomic mass is 16.3. The van der Waals surface area contributed by atoms with E-state index in [0.29, 0.717) is 0 Å². The third kappa shape index (κ3) is 1.82. The number of furan rings is 1. The molecule has 18 heavy (non-hydrogen) atoms. The van der Waals surface area contributed by atoms with Crippen LogP contribution in [0.3, 0.4) is 0 Å². The van der Waals surface area contributed by atoms with Crippen molar-refractivity contribution in [1.29, 1.82) is 0 Å². The summed E-state index contributed by atoms with van der Waals surface area (Å²) >= 11 is 0. The maximum absolute atomic E-state index is 5.88. The molecular weight excluding hydrogens is 220 g/mol. The molecule has 0 radical (unpaired) electrons. The molecule has 0 unspecified atom stereocenters. The van der Waals surface area contributed by atoms with Gasteiger partial charge in [-0.3, -0.25) is 0 Å². The Labute approximate surface area is 107 Å². The monoisotopic (exact) mass is 236 g/mol. The van der Waals surface area contributed by atoms with Crippen molar-refractivity contribution < 1.29 is 4.42 Å². The Morgan fingerprint density at radius 2 is 1.83 bits per heavy atom. The number of fused-ring (bicyclic) bond motifs is 3. The summed E-state index contributed by atoms with van der Waals surface area (Å²) in [5.41, 5.74) is 4.52. The van der Waals surface area contributed by atoms with Gasteiger partial charge in [-0.05, 0) is 37.5 Å². The first-order chi connectivity index (χ1) is 8.75. The van der Waals surface area contributed by atoms with Crippen molar-refractivity contribution in [3.63, 3.8) is 0 Å². The van der Waals surface area contributed by atoms with Crippen molar-refractivity contribution in [2.75, 3.05) is 0 Å². The van der Waals surface area contributed by atoms with Crippen LogP contribution in [-0.4, -0.2) is 0 Å². The van der Waals surface area contributed by atoms with E-state index >= 15 is 0 Å². The molecule has 0 spiro atoms. The number of aryl methyl sites for hydroxylation is 1. The van der Waals surface area contributed by atoms with E-state index in [1.54, 1.807) is 0 Å². The standard InChI is InChI=1S/C17H16O/c1-12(2)10-11-13-6-5-9-16-17(13)14-7-3-4-8-15(14)18-16/h3-9H,1,10-11H2,2H3. The molecule has 0 amide bonds. The van der Waals surface area contributed by atoms with E-state index < -0.39 is 0 Å². The molecule has 2 aromatic carbocycles. The molecule has 90 valence electrons. The van der Waals surface area contributed by atoms with Crippen LogP contribution in [0.15, 0.2) is 59.0 Å². The van der Waals surface area contributed by atoms with E-state index in [0.717, 1.165) is 24.0 Å². The van der Waals surface area contributed by atoms with Gasteiger partial charge in [-0.1, -0.05) is 35.9 Å². The number of benzene rings is 2. The van der Waals surface area contributed by atoms with E-state index in [4.69, 9.17) is 4.42 Å². The van der Waals surface area contributed by atoms with Gasteiger partial charge in [0.25, 0.3) is 0 Å². The van der Waals surface area contributed by atoms with Crippen LogP contribution in [0.5, 0.6) is 0 Å². The molecule has 0 N–H and O–H groups in total. The fraction of sp³-hybridized carbons (Fsp3) is 0.176. The predicted octanol–water partition coefficient (Wildman–Crippen LogP) is 5.09. The lowest BCUT2D eigenvalue weighted by Gasteiger charge is -2.03. The Morgan fingerprint density at radius 1 is 1.06 bits per heavy atom. The van der Waals surface area contributed by atoms with E-state index in [9.17, 15) is 0 Å². The smallest absolute Gasteiger partial charge is 0.135 e. The third-order valence-electron chi connectivity index (χ3n) is 3.31. The van der Waals surface area contributed by atoms with Crippen LogP contribution in [0.4, 0.5) is 0 Å². The molecule has 0 aliphatic heterocycles. The van der Waals surface area contributed by atoms with Gasteiger partial charge in [0.15, 0.2) is 0 Å². The van der Waals surface area contributed by atoms with Crippen molar-refractivity contribution in [2.24, 2.45) is 0 Å². The first kappa shape index (κ1) is 11.1. The number of hydrogen-bond donors (Lipinski definition) is 0. The van der Waals surface area contributed by atoms with Crippen LogP contribution in [0.25, 0.3) is 21.9 Å². The van der Waals surface area contributed by atoms with Gasteiger partial charge in [0.2, 0.25) is 0 Å². The summed E-state index contributed by atoms with van der Waals surface area (Å²) < 4.78 is 5.88. The van der Waals surface area contributed by atoms with Crippen LogP contribution < -0.4 is 0 Å². The maximum atomic E-state index is 5.88. The first-order valence-electron chi connectivity index (χ1n) is 6.29. The zero-order valence-electron chi connectivity index (χ0n) is 10.6. The SMILES string of the molecule is C=C(C)CCc1cccc2oc3ccccc3c12. The van der Waals surface area contributed by atoms with Crippen LogP contribution in [0, 0.1) is 0 Å². The molecule has 0 saturated carbocycles. The van der Waals surface area contributed by atoms with Crippen molar-refractivity contribution in [2.45, 2.75) is 19.8 Å². The number of hydrogen-bond acceptors (Lipinski definition) is 1. The number of para-hydroxylation sites is 1. The fourth-order valence-corrected chi connectivity index (χ4v) is 2.40. The summed E-state index contributed by atoms with van der Waals surface area (Å²) in [4.78, 5) is 0. The van der Waals surface area contributed by atoms with Crippen molar-refractivity contribution in [3.05, 3.63) is 60.2 Å². The van der Waals surface area contributed by atoms with Gasteiger partial charge in [0.05, 0.1) is 0 Å². The van der Waals surface area contributed by atoms with Crippen LogP contribution >= 0.6 is 0 Å². The van der Waals surface area contributed by atoms with Gasteiger partial charge in [-0.2, -0.15) is 0 Å². The first-order valence-corrected chi connectivity index (χ1v) is 6.29. The van der Waals surface area contributed by atoms with Gasteiger partial charge < -0.3 is 4.42 Å². The van der Waals surface area contributed by atoms with Gasteiger partial charge in [0.1, 0.15) is 11.2 Å². The lowest BCUT2D eigenvalue weighted by Crippen LogP contribution is -1.86. The summed E-state index contributed by atoms with van der Waals surface area (Å²) in [6, 6.07) is 14.5. The lowest BCUT2D eigenvalue weighted by molar-refractivity contribution is 0.668. The van der Waals surface area contributed by atoms with Gasteiger partial charge >= 0.3 is 0 Å². The molecule has 1 nitrogen and oxygen atoms in total. The van der Waals surface area contributed by atoms with E-state index in [1.807, 2.05) is 18.2 Å². The molecular formula is C17H16O. The average molecular weight is 236 g/mol. The molecule has 3 rings (SSSR count). The molecule has 3 aromatic rings. The molecule has 0 saturated heterocycles. The molecule has 0 atom stereocenters. The summed E-state index contributed by atoms with van der Waals surface area (Å²) in [5.74, 6) is 0. The summed E-state index contributed by atoms with van der Waals surface area (Å²) in [5, 5.41) is 2.47. The topological polar surface area (TPSA) is 13.1 Å². The minimum absolute atomic E-state index is 0.968. The van der Waals surface area contributed by atoms with E-state index in [2.05, 4.69) is 37.8 Å². The highest BCUT2D eigenvalue weighted by Gasteiger charge is 2.09. The van der Waals surface area contributed by atoms with Crippen LogP contribution in [0.2, 0.25) is 0 Å². The second-order valence-corrected chi connectivity index (χ2v) is 4.85. The summed E-state index contributed by atoms with van der Waals surface area (Å²) in [6.45, 7) is 6.05. The Kier molecular flexibility index (Phi) is 2.67. The highest BCUT2D eigenvalue weighted by molar-refractivity contribution is 6.06. The molecule has 1 heterocycles. The zero-order chi connectivity index (χ0) is 12.5. The second kappa shape index (κ2) is 4.34. The largest absolute Gasteiger partial charge is 0.456 e. The molecule has 1 aromatic heterocycles. The molecule has 0 aliphatic carbocycles.